The Morgan fingerprint density at radius 3 is 2.32 bits per heavy atom. The monoisotopic (exact) mass is 296 g/mol. The number of para-hydroxylation sites is 1. The molecule has 22 heavy (non-hydrogen) atoms. The minimum atomic E-state index is -0.602. The third-order valence-electron chi connectivity index (χ3n) is 2.71. The van der Waals surface area contributed by atoms with Crippen molar-refractivity contribution in [1.82, 2.24) is 0 Å². The molecule has 0 saturated carbocycles. The Morgan fingerprint density at radius 1 is 0.955 bits per heavy atom. The van der Waals surface area contributed by atoms with Crippen molar-refractivity contribution in [3.05, 3.63) is 66.7 Å². The van der Waals surface area contributed by atoms with Crippen LogP contribution in [0.5, 0.6) is 5.75 Å². The van der Waals surface area contributed by atoms with Crippen molar-refractivity contribution in [3.63, 3.8) is 0 Å². The third kappa shape index (κ3) is 4.49. The summed E-state index contributed by atoms with van der Waals surface area (Å²) in [6.45, 7) is 5.18. The van der Waals surface area contributed by atoms with Gasteiger partial charge >= 0.3 is 6.09 Å². The Hall–Kier alpha value is -3.08. The number of carbonyl (C=O) groups is 2. The van der Waals surface area contributed by atoms with Gasteiger partial charge in [0.1, 0.15) is 5.75 Å². The lowest BCUT2D eigenvalue weighted by Gasteiger charge is -2.09. The molecule has 0 aromatic heterocycles. The average molecular weight is 296 g/mol. The Labute approximate surface area is 128 Å². The number of hydrogen-bond acceptors (Lipinski definition) is 3. The van der Waals surface area contributed by atoms with Crippen LogP contribution in [0.25, 0.3) is 0 Å². The fraction of sp³-hybridized carbons (Fsp3) is 0.0588. The molecule has 0 aliphatic heterocycles. The summed E-state index contributed by atoms with van der Waals surface area (Å²) in [6, 6.07) is 15.5. The van der Waals surface area contributed by atoms with Crippen molar-refractivity contribution in [3.8, 4) is 5.75 Å². The molecule has 0 atom stereocenters. The van der Waals surface area contributed by atoms with Crippen molar-refractivity contribution in [2.75, 3.05) is 10.6 Å². The van der Waals surface area contributed by atoms with Gasteiger partial charge in [-0.3, -0.25) is 10.1 Å². The zero-order chi connectivity index (χ0) is 15.9. The first-order chi connectivity index (χ1) is 10.5. The van der Waals surface area contributed by atoms with Gasteiger partial charge in [-0.05, 0) is 31.2 Å². The summed E-state index contributed by atoms with van der Waals surface area (Å²) in [6.07, 6.45) is -0.602. The van der Waals surface area contributed by atoms with Crippen LogP contribution in [0.15, 0.2) is 66.7 Å². The highest BCUT2D eigenvalue weighted by atomic mass is 16.6. The highest BCUT2D eigenvalue weighted by Crippen LogP contribution is 2.18. The van der Waals surface area contributed by atoms with Crippen molar-refractivity contribution >= 4 is 23.4 Å². The predicted octanol–water partition coefficient (Wildman–Crippen LogP) is 3.81. The van der Waals surface area contributed by atoms with Gasteiger partial charge in [-0.25, -0.2) is 4.79 Å². The summed E-state index contributed by atoms with van der Waals surface area (Å²) in [5.41, 5.74) is 1.56. The van der Waals surface area contributed by atoms with E-state index in [9.17, 15) is 9.59 Å². The molecule has 5 nitrogen and oxygen atoms in total. The van der Waals surface area contributed by atoms with E-state index in [1.807, 2.05) is 18.2 Å². The van der Waals surface area contributed by atoms with Gasteiger partial charge in [0.2, 0.25) is 0 Å². The lowest BCUT2D eigenvalue weighted by atomic mass is 10.2. The smallest absolute Gasteiger partial charge is 0.410 e. The maximum atomic E-state index is 11.8. The third-order valence-corrected chi connectivity index (χ3v) is 2.71. The minimum absolute atomic E-state index is 0.286. The molecule has 0 heterocycles. The molecule has 0 bridgehead atoms. The zero-order valence-corrected chi connectivity index (χ0v) is 12.1. The van der Waals surface area contributed by atoms with E-state index in [0.29, 0.717) is 22.7 Å². The van der Waals surface area contributed by atoms with Crippen LogP contribution in [0, 0.1) is 0 Å². The molecule has 2 aromatic carbocycles. The molecule has 5 heteroatoms. The number of ether oxygens (including phenoxy) is 1. The van der Waals surface area contributed by atoms with Gasteiger partial charge in [-0.15, -0.1) is 0 Å². The van der Waals surface area contributed by atoms with Crippen molar-refractivity contribution in [1.29, 1.82) is 0 Å². The molecule has 0 saturated heterocycles. The van der Waals surface area contributed by atoms with E-state index in [2.05, 4.69) is 17.2 Å². The second-order valence-electron chi connectivity index (χ2n) is 4.64. The van der Waals surface area contributed by atoms with Crippen LogP contribution < -0.4 is 15.4 Å². The van der Waals surface area contributed by atoms with Crippen LogP contribution in [0.1, 0.15) is 6.92 Å². The number of nitrogens with one attached hydrogen (secondary N) is 2. The van der Waals surface area contributed by atoms with Gasteiger partial charge in [0.05, 0.1) is 0 Å². The lowest BCUT2D eigenvalue weighted by molar-refractivity contribution is -0.112. The maximum absolute atomic E-state index is 11.8. The van der Waals surface area contributed by atoms with Crippen LogP contribution in [0.3, 0.4) is 0 Å². The SMILES string of the molecule is C=C(C)C(=O)Nc1cccc(OC(=O)Nc2ccccc2)c1. The number of rotatable bonds is 4. The summed E-state index contributed by atoms with van der Waals surface area (Å²) >= 11 is 0. The maximum Gasteiger partial charge on any atom is 0.417 e. The highest BCUT2D eigenvalue weighted by Gasteiger charge is 2.07. The molecule has 0 unspecified atom stereocenters. The normalized spacial score (nSPS) is 9.68. The number of anilines is 2. The topological polar surface area (TPSA) is 67.4 Å². The van der Waals surface area contributed by atoms with Crippen molar-refractivity contribution in [2.24, 2.45) is 0 Å². The van der Waals surface area contributed by atoms with Crippen molar-refractivity contribution < 1.29 is 14.3 Å². The molecule has 0 aliphatic carbocycles. The molecule has 2 aromatic rings. The van der Waals surface area contributed by atoms with Gasteiger partial charge in [0.15, 0.2) is 0 Å². The second kappa shape index (κ2) is 7.08. The Balaban J connectivity index is 1.99. The number of carbonyl (C=O) groups excluding carboxylic acids is 2. The average Bonchev–Trinajstić information content (AvgIpc) is 2.48. The molecule has 0 fully saturated rings. The van der Waals surface area contributed by atoms with Crippen LogP contribution >= 0.6 is 0 Å². The molecule has 112 valence electrons. The number of hydrogen-bond donors (Lipinski definition) is 2. The van der Waals surface area contributed by atoms with E-state index in [-0.39, 0.29) is 5.91 Å². The van der Waals surface area contributed by atoms with Crippen molar-refractivity contribution in [2.45, 2.75) is 6.92 Å². The van der Waals surface area contributed by atoms with Crippen LogP contribution in [0.4, 0.5) is 16.2 Å². The van der Waals surface area contributed by atoms with E-state index in [1.165, 1.54) is 0 Å². The molecule has 2 N–H and O–H groups in total. The lowest BCUT2D eigenvalue weighted by Crippen LogP contribution is -2.17. The quantitative estimate of drug-likeness (QED) is 0.843. The summed E-state index contributed by atoms with van der Waals surface area (Å²) in [5.74, 6) is 0.0406. The molecule has 0 aliphatic rings. The minimum Gasteiger partial charge on any atom is -0.410 e. The molecule has 0 radical (unpaired) electrons. The molecular weight excluding hydrogens is 280 g/mol. The van der Waals surface area contributed by atoms with Crippen LogP contribution in [-0.2, 0) is 4.79 Å². The van der Waals surface area contributed by atoms with Gasteiger partial charge in [0, 0.05) is 23.0 Å². The van der Waals surface area contributed by atoms with Crippen LogP contribution in [0.2, 0.25) is 0 Å². The first-order valence-corrected chi connectivity index (χ1v) is 6.65. The molecule has 2 rings (SSSR count). The molecule has 0 spiro atoms. The first kappa shape index (κ1) is 15.3. The van der Waals surface area contributed by atoms with Gasteiger partial charge in [0.25, 0.3) is 5.91 Å². The highest BCUT2D eigenvalue weighted by molar-refractivity contribution is 6.02. The van der Waals surface area contributed by atoms with E-state index in [4.69, 9.17) is 4.74 Å². The van der Waals surface area contributed by atoms with E-state index in [1.54, 1.807) is 43.3 Å². The van der Waals surface area contributed by atoms with E-state index < -0.39 is 6.09 Å². The van der Waals surface area contributed by atoms with Gasteiger partial charge in [-0.1, -0.05) is 30.8 Å². The number of amides is 2. The summed E-state index contributed by atoms with van der Waals surface area (Å²) < 4.78 is 5.18. The summed E-state index contributed by atoms with van der Waals surface area (Å²) in [5, 5.41) is 5.26. The summed E-state index contributed by atoms with van der Waals surface area (Å²) in [7, 11) is 0. The fourth-order valence-electron chi connectivity index (χ4n) is 1.65. The first-order valence-electron chi connectivity index (χ1n) is 6.65. The van der Waals surface area contributed by atoms with E-state index >= 15 is 0 Å². The largest absolute Gasteiger partial charge is 0.417 e. The Bertz CT molecular complexity index is 696. The Kier molecular flexibility index (Phi) is 4.93. The standard InChI is InChI=1S/C17H16N2O3/c1-12(2)16(20)18-14-9-6-10-15(11-14)22-17(21)19-13-7-4-3-5-8-13/h3-11H,1H2,2H3,(H,18,20)(H,19,21). The van der Waals surface area contributed by atoms with Gasteiger partial charge in [-0.2, -0.15) is 0 Å². The zero-order valence-electron chi connectivity index (χ0n) is 12.1. The molecular formula is C17H16N2O3. The van der Waals surface area contributed by atoms with Crippen LogP contribution in [-0.4, -0.2) is 12.0 Å². The Morgan fingerprint density at radius 2 is 1.64 bits per heavy atom. The summed E-state index contributed by atoms with van der Waals surface area (Å²) in [4.78, 5) is 23.3. The fourth-order valence-corrected chi connectivity index (χ4v) is 1.65. The molecule has 2 amide bonds. The predicted molar refractivity (Wildman–Crippen MR) is 86.0 cm³/mol. The second-order valence-corrected chi connectivity index (χ2v) is 4.64. The van der Waals surface area contributed by atoms with E-state index in [0.717, 1.165) is 0 Å². The van der Waals surface area contributed by atoms with Gasteiger partial charge < -0.3 is 10.1 Å². The number of benzene rings is 2.